The number of ether oxygens (including phenoxy) is 2. The van der Waals surface area contributed by atoms with Crippen LogP contribution in [0.3, 0.4) is 0 Å². The van der Waals surface area contributed by atoms with Crippen LogP contribution < -0.4 is 34.9 Å². The van der Waals surface area contributed by atoms with E-state index in [-0.39, 0.29) is 49.9 Å². The third-order valence-corrected chi connectivity index (χ3v) is 5.75. The van der Waals surface area contributed by atoms with Gasteiger partial charge in [-0.2, -0.15) is 0 Å². The van der Waals surface area contributed by atoms with Gasteiger partial charge in [0.05, 0.1) is 14.2 Å². The van der Waals surface area contributed by atoms with Crippen LogP contribution in [0.4, 0.5) is 5.69 Å². The van der Waals surface area contributed by atoms with E-state index in [1.54, 1.807) is 0 Å². The van der Waals surface area contributed by atoms with E-state index >= 15 is 0 Å². The Morgan fingerprint density at radius 3 is 1.93 bits per heavy atom. The molecular weight excluding hydrogens is 524 g/mol. The minimum absolute atomic E-state index is 0. The molecule has 0 spiro atoms. The molecule has 1 aliphatic heterocycles. The van der Waals surface area contributed by atoms with Gasteiger partial charge in [0.15, 0.2) is 0 Å². The molecule has 0 atom stereocenters. The van der Waals surface area contributed by atoms with Crippen molar-refractivity contribution in [3.8, 4) is 0 Å². The van der Waals surface area contributed by atoms with Gasteiger partial charge in [0.1, 0.15) is 11.4 Å². The summed E-state index contributed by atoms with van der Waals surface area (Å²) in [5.74, 6) is -1.50. The van der Waals surface area contributed by atoms with Crippen molar-refractivity contribution in [2.45, 2.75) is 13.3 Å². The van der Waals surface area contributed by atoms with Gasteiger partial charge in [0.25, 0.3) is 5.97 Å². The van der Waals surface area contributed by atoms with E-state index in [0.29, 0.717) is 11.4 Å². The number of hydrogen-bond donors (Lipinski definition) is 5. The van der Waals surface area contributed by atoms with Crippen LogP contribution in [0.1, 0.15) is 33.5 Å². The summed E-state index contributed by atoms with van der Waals surface area (Å²) in [4.78, 5) is 41.1. The first-order chi connectivity index (χ1) is 18.3. The maximum absolute atomic E-state index is 11.4. The van der Waals surface area contributed by atoms with Crippen molar-refractivity contribution in [2.75, 3.05) is 26.1 Å². The molecule has 0 fully saturated rings. The molecule has 13 heteroatoms. The first-order valence-electron chi connectivity index (χ1n) is 11.4. The molecule has 11 nitrogen and oxygen atoms in total. The minimum atomic E-state index is -0.833. The van der Waals surface area contributed by atoms with Crippen molar-refractivity contribution in [1.82, 2.24) is 15.0 Å². The average molecular weight is 550 g/mol. The number of benzene rings is 2. The van der Waals surface area contributed by atoms with Gasteiger partial charge in [0, 0.05) is 66.5 Å². The fourth-order valence-electron chi connectivity index (χ4n) is 4.21. The summed E-state index contributed by atoms with van der Waals surface area (Å²) in [6, 6.07) is 13.6. The summed E-state index contributed by atoms with van der Waals surface area (Å²) in [5, 5.41) is 20.2. The van der Waals surface area contributed by atoms with Crippen LogP contribution in [0.25, 0.3) is 32.7 Å². The quantitative estimate of drug-likeness (QED) is 0.124. The van der Waals surface area contributed by atoms with Crippen molar-refractivity contribution in [3.05, 3.63) is 72.2 Å². The molecule has 1 aliphatic rings. The fourth-order valence-corrected chi connectivity index (χ4v) is 4.21. The fraction of sp³-hybridized carbons (Fsp3) is 0.185. The number of carboxylic acids is 1. The standard InChI is InChI=1S/C12H12N2O2.C12H10N2O2.C2H4O2.CN.B.Na/c2*1-16-12(15)11-6-8-7-4-5-13-9(7)2-3-10(8)14-11;1-2(3)4;1-2;;/h2-3,6,13-14H,4-5H2,1H3;2-6,13-14H,1H3;1H3,(H,3,4);;;/q;;;-1;;+1. The molecule has 3 aromatic heterocycles. The number of rotatable bonds is 2. The number of carbonyl (C=O) groups is 3. The molecule has 199 valence electrons. The van der Waals surface area contributed by atoms with E-state index in [0.717, 1.165) is 52.6 Å². The average Bonchev–Trinajstić information content (AvgIpc) is 3.72. The Morgan fingerprint density at radius 1 is 0.850 bits per heavy atom. The van der Waals surface area contributed by atoms with Gasteiger partial charge in [-0.15, -0.1) is 0 Å². The number of aromatic amines is 3. The summed E-state index contributed by atoms with van der Waals surface area (Å²) in [7, 11) is 2.76. The third kappa shape index (κ3) is 7.48. The number of H-pyrrole nitrogens is 3. The molecule has 0 aliphatic carbocycles. The number of nitrogens with zero attached hydrogens (tertiary/aromatic N) is 1. The number of carboxylic acid groups (broad SMARTS) is 1. The Morgan fingerprint density at radius 2 is 1.35 bits per heavy atom. The second-order valence-corrected chi connectivity index (χ2v) is 8.06. The Bertz CT molecular complexity index is 1630. The number of anilines is 1. The minimum Gasteiger partial charge on any atom is -0.512 e. The van der Waals surface area contributed by atoms with Crippen molar-refractivity contribution < 1.29 is 58.5 Å². The molecule has 5 N–H and O–H groups in total. The van der Waals surface area contributed by atoms with Gasteiger partial charge >= 0.3 is 41.5 Å². The Balaban J connectivity index is 0.000000322. The number of methoxy groups -OCH3 is 2. The number of fused-ring (bicyclic) bond motifs is 6. The van der Waals surface area contributed by atoms with E-state index in [1.165, 1.54) is 25.5 Å². The summed E-state index contributed by atoms with van der Waals surface area (Å²) in [6.07, 6.45) is 2.89. The second-order valence-electron chi connectivity index (χ2n) is 8.06. The zero-order valence-electron chi connectivity index (χ0n) is 22.5. The summed E-state index contributed by atoms with van der Waals surface area (Å²) < 4.78 is 9.38. The van der Waals surface area contributed by atoms with E-state index in [1.807, 2.05) is 48.7 Å². The number of esters is 2. The van der Waals surface area contributed by atoms with Gasteiger partial charge in [-0.25, -0.2) is 9.59 Å². The van der Waals surface area contributed by atoms with Crippen molar-refractivity contribution in [1.29, 1.82) is 5.26 Å². The Hall–Kier alpha value is -4.18. The molecule has 4 heterocycles. The van der Waals surface area contributed by atoms with Crippen LogP contribution in [0, 0.1) is 11.8 Å². The first kappa shape index (κ1) is 33.9. The van der Waals surface area contributed by atoms with E-state index in [4.69, 9.17) is 26.5 Å². The van der Waals surface area contributed by atoms with Crippen LogP contribution in [0.15, 0.2) is 48.7 Å². The van der Waals surface area contributed by atoms with Crippen LogP contribution in [-0.4, -0.2) is 67.1 Å². The first-order valence-corrected chi connectivity index (χ1v) is 11.4. The number of hydrogen-bond acceptors (Lipinski definition) is 7. The zero-order valence-corrected chi connectivity index (χ0v) is 24.5. The topological polar surface area (TPSA) is 173 Å². The van der Waals surface area contributed by atoms with E-state index < -0.39 is 5.97 Å². The SMILES string of the molecule is CC(=O)O.COC(=O)c1cc2c(ccc3[nH]ccc32)[nH]1.COC(=O)c1cc2c3c(ccc2[nH]1)NCC3.[B].[C-]#N.[Na+]. The van der Waals surface area contributed by atoms with Crippen molar-refractivity contribution >= 4 is 64.7 Å². The molecule has 0 saturated heterocycles. The van der Waals surface area contributed by atoms with Crippen molar-refractivity contribution in [3.63, 3.8) is 0 Å². The number of aromatic nitrogens is 3. The zero-order chi connectivity index (χ0) is 27.8. The Kier molecular flexibility index (Phi) is 13.1. The van der Waals surface area contributed by atoms with Gasteiger partial charge in [-0.1, -0.05) is 0 Å². The van der Waals surface area contributed by atoms with Gasteiger partial charge in [-0.3, -0.25) is 4.79 Å². The monoisotopic (exact) mass is 550 g/mol. The maximum atomic E-state index is 11.4. The summed E-state index contributed by atoms with van der Waals surface area (Å²) in [6.45, 7) is 6.80. The third-order valence-electron chi connectivity index (χ3n) is 5.75. The number of nitrogens with one attached hydrogen (secondary N) is 4. The van der Waals surface area contributed by atoms with Crippen LogP contribution in [0.2, 0.25) is 0 Å². The Labute approximate surface area is 254 Å². The molecule has 2 aromatic carbocycles. The van der Waals surface area contributed by atoms with Gasteiger partial charge < -0.3 is 46.7 Å². The van der Waals surface area contributed by atoms with Crippen molar-refractivity contribution in [2.24, 2.45) is 0 Å². The van der Waals surface area contributed by atoms with Crippen LogP contribution >= 0.6 is 0 Å². The molecule has 0 saturated carbocycles. The number of carbonyl (C=O) groups excluding carboxylic acids is 2. The smallest absolute Gasteiger partial charge is 0.512 e. The normalized spacial score (nSPS) is 10.5. The molecule has 0 unspecified atom stereocenters. The molecule has 0 bridgehead atoms. The predicted octanol–water partition coefficient (Wildman–Crippen LogP) is 1.17. The predicted molar refractivity (Wildman–Crippen MR) is 147 cm³/mol. The van der Waals surface area contributed by atoms with E-state index in [9.17, 15) is 9.59 Å². The van der Waals surface area contributed by atoms with Gasteiger partial charge in [-0.05, 0) is 54.4 Å². The number of aliphatic carboxylic acids is 1. The van der Waals surface area contributed by atoms with Crippen LogP contribution in [0.5, 0.6) is 0 Å². The molecule has 0 amide bonds. The van der Waals surface area contributed by atoms with E-state index in [2.05, 4.69) is 25.0 Å². The molecule has 6 rings (SSSR count). The molecule has 5 aromatic rings. The second kappa shape index (κ2) is 15.4. The summed E-state index contributed by atoms with van der Waals surface area (Å²) in [5.41, 5.74) is 6.43. The molecule has 40 heavy (non-hydrogen) atoms. The van der Waals surface area contributed by atoms with Gasteiger partial charge in [0.2, 0.25) is 0 Å². The largest absolute Gasteiger partial charge is 1.00 e. The molecule has 3 radical (unpaired) electrons. The molecular formula is C27H26BN5NaO6. The maximum Gasteiger partial charge on any atom is 1.00 e. The van der Waals surface area contributed by atoms with Crippen LogP contribution in [-0.2, 0) is 20.7 Å². The summed E-state index contributed by atoms with van der Waals surface area (Å²) >= 11 is 0.